The number of hydrogen-bond acceptors (Lipinski definition) is 5. The van der Waals surface area contributed by atoms with Crippen LogP contribution in [0.15, 0.2) is 29.8 Å². The van der Waals surface area contributed by atoms with Crippen molar-refractivity contribution in [1.82, 2.24) is 9.38 Å². The molecule has 2 heterocycles. The molecule has 6 nitrogen and oxygen atoms in total. The Bertz CT molecular complexity index is 967. The first kappa shape index (κ1) is 17.7. The SMILES string of the molecule is Cc1ccc(Cl)cc1NC(=O)[C@@H](C)OC(=O)c1c(Cl)nc2sccn12. The molecule has 0 unspecified atom stereocenters. The Balaban J connectivity index is 1.73. The van der Waals surface area contributed by atoms with E-state index < -0.39 is 18.0 Å². The first-order valence-electron chi connectivity index (χ1n) is 7.26. The molecule has 0 aliphatic heterocycles. The summed E-state index contributed by atoms with van der Waals surface area (Å²) in [7, 11) is 0. The van der Waals surface area contributed by atoms with Gasteiger partial charge < -0.3 is 10.1 Å². The van der Waals surface area contributed by atoms with Crippen molar-refractivity contribution in [2.75, 3.05) is 5.32 Å². The molecule has 3 aromatic rings. The normalized spacial score (nSPS) is 12.2. The number of fused-ring (bicyclic) bond motifs is 1. The summed E-state index contributed by atoms with van der Waals surface area (Å²) in [5, 5.41) is 5.00. The van der Waals surface area contributed by atoms with Gasteiger partial charge in [-0.2, -0.15) is 0 Å². The average molecular weight is 398 g/mol. The quantitative estimate of drug-likeness (QED) is 0.669. The molecule has 0 fully saturated rings. The van der Waals surface area contributed by atoms with E-state index in [1.54, 1.807) is 29.8 Å². The number of nitrogens with zero attached hydrogens (tertiary/aromatic N) is 2. The van der Waals surface area contributed by atoms with Crippen LogP contribution in [0.2, 0.25) is 10.2 Å². The molecule has 1 aromatic carbocycles. The maximum atomic E-state index is 12.4. The smallest absolute Gasteiger partial charge is 0.359 e. The fourth-order valence-electron chi connectivity index (χ4n) is 2.18. The Labute approximate surface area is 157 Å². The average Bonchev–Trinajstić information content (AvgIpc) is 3.10. The van der Waals surface area contributed by atoms with E-state index in [4.69, 9.17) is 27.9 Å². The van der Waals surface area contributed by atoms with Gasteiger partial charge in [0.15, 0.2) is 21.9 Å². The van der Waals surface area contributed by atoms with Gasteiger partial charge in [-0.15, -0.1) is 11.3 Å². The van der Waals surface area contributed by atoms with Crippen LogP contribution >= 0.6 is 34.5 Å². The lowest BCUT2D eigenvalue weighted by Crippen LogP contribution is -2.30. The zero-order chi connectivity index (χ0) is 18.1. The molecule has 1 N–H and O–H groups in total. The molecule has 0 aliphatic rings. The molecular weight excluding hydrogens is 385 g/mol. The van der Waals surface area contributed by atoms with Crippen LogP contribution in [0.1, 0.15) is 23.0 Å². The molecule has 25 heavy (non-hydrogen) atoms. The van der Waals surface area contributed by atoms with Crippen LogP contribution in [0.5, 0.6) is 0 Å². The molecule has 130 valence electrons. The predicted octanol–water partition coefficient (Wildman–Crippen LogP) is 4.20. The number of benzene rings is 1. The number of ether oxygens (including phenoxy) is 1. The highest BCUT2D eigenvalue weighted by molar-refractivity contribution is 7.15. The Morgan fingerprint density at radius 2 is 2.12 bits per heavy atom. The van der Waals surface area contributed by atoms with Crippen molar-refractivity contribution in [1.29, 1.82) is 0 Å². The van der Waals surface area contributed by atoms with Crippen molar-refractivity contribution >= 4 is 57.1 Å². The van der Waals surface area contributed by atoms with Gasteiger partial charge in [0.1, 0.15) is 0 Å². The van der Waals surface area contributed by atoms with E-state index in [1.165, 1.54) is 22.7 Å². The van der Waals surface area contributed by atoms with Crippen molar-refractivity contribution in [2.45, 2.75) is 20.0 Å². The third-order valence-corrected chi connectivity index (χ3v) is 4.78. The molecule has 1 amide bonds. The van der Waals surface area contributed by atoms with Gasteiger partial charge in [0.05, 0.1) is 0 Å². The van der Waals surface area contributed by atoms with Gasteiger partial charge in [-0.1, -0.05) is 29.3 Å². The maximum Gasteiger partial charge on any atom is 0.359 e. The molecule has 9 heteroatoms. The largest absolute Gasteiger partial charge is 0.448 e. The predicted molar refractivity (Wildman–Crippen MR) is 97.8 cm³/mol. The molecule has 0 saturated carbocycles. The van der Waals surface area contributed by atoms with Gasteiger partial charge in [0.2, 0.25) is 0 Å². The molecule has 2 aromatic heterocycles. The van der Waals surface area contributed by atoms with Gasteiger partial charge in [-0.05, 0) is 31.5 Å². The number of rotatable bonds is 4. The highest BCUT2D eigenvalue weighted by Gasteiger charge is 2.25. The van der Waals surface area contributed by atoms with Crippen LogP contribution in [0.4, 0.5) is 5.69 Å². The summed E-state index contributed by atoms with van der Waals surface area (Å²) in [6.07, 6.45) is 0.640. The van der Waals surface area contributed by atoms with Crippen LogP contribution in [0.3, 0.4) is 0 Å². The molecular formula is C16H13Cl2N3O3S. The number of aromatic nitrogens is 2. The number of imidazole rings is 1. The minimum Gasteiger partial charge on any atom is -0.448 e. The second kappa shape index (κ2) is 7.03. The summed E-state index contributed by atoms with van der Waals surface area (Å²) in [5.41, 5.74) is 1.50. The Morgan fingerprint density at radius 3 is 2.88 bits per heavy atom. The number of thiazole rings is 1. The highest BCUT2D eigenvalue weighted by atomic mass is 35.5. The minimum atomic E-state index is -1.02. The Hall–Kier alpha value is -2.09. The summed E-state index contributed by atoms with van der Waals surface area (Å²) in [6, 6.07) is 5.14. The zero-order valence-electron chi connectivity index (χ0n) is 13.2. The molecule has 0 aliphatic carbocycles. The fraction of sp³-hybridized carbons (Fsp3) is 0.188. The van der Waals surface area contributed by atoms with E-state index in [-0.39, 0.29) is 10.8 Å². The lowest BCUT2D eigenvalue weighted by atomic mass is 10.2. The summed E-state index contributed by atoms with van der Waals surface area (Å²) in [5.74, 6) is -1.19. The fourth-order valence-corrected chi connectivity index (χ4v) is 3.36. The first-order chi connectivity index (χ1) is 11.9. The van der Waals surface area contributed by atoms with Gasteiger partial charge in [0.25, 0.3) is 5.91 Å². The number of esters is 1. The number of aryl methyl sites for hydroxylation is 1. The number of halogens is 2. The third kappa shape index (κ3) is 3.63. The zero-order valence-corrected chi connectivity index (χ0v) is 15.6. The van der Waals surface area contributed by atoms with Crippen LogP contribution in [0, 0.1) is 6.92 Å². The van der Waals surface area contributed by atoms with Gasteiger partial charge in [0, 0.05) is 22.3 Å². The standard InChI is InChI=1S/C16H13Cl2N3O3S/c1-8-3-4-10(17)7-11(8)19-14(22)9(2)24-15(23)12-13(18)20-16-21(12)5-6-25-16/h3-7,9H,1-2H3,(H,19,22)/t9-/m1/s1. The minimum absolute atomic E-state index is 0.0372. The number of carbonyl (C=O) groups excluding carboxylic acids is 2. The van der Waals surface area contributed by atoms with Crippen LogP contribution < -0.4 is 5.32 Å². The van der Waals surface area contributed by atoms with E-state index in [2.05, 4.69) is 10.3 Å². The van der Waals surface area contributed by atoms with Crippen molar-refractivity contribution in [3.63, 3.8) is 0 Å². The topological polar surface area (TPSA) is 72.7 Å². The lowest BCUT2D eigenvalue weighted by Gasteiger charge is -2.14. The van der Waals surface area contributed by atoms with E-state index in [0.29, 0.717) is 15.7 Å². The summed E-state index contributed by atoms with van der Waals surface area (Å²) < 4.78 is 6.76. The van der Waals surface area contributed by atoms with Crippen LogP contribution in [-0.2, 0) is 9.53 Å². The van der Waals surface area contributed by atoms with Gasteiger partial charge in [-0.25, -0.2) is 9.78 Å². The molecule has 0 radical (unpaired) electrons. The van der Waals surface area contributed by atoms with E-state index >= 15 is 0 Å². The van der Waals surface area contributed by atoms with Gasteiger partial charge >= 0.3 is 5.97 Å². The Kier molecular flexibility index (Phi) is 4.99. The summed E-state index contributed by atoms with van der Waals surface area (Å²) in [6.45, 7) is 3.31. The van der Waals surface area contributed by atoms with Crippen molar-refractivity contribution in [2.24, 2.45) is 0 Å². The second-order valence-corrected chi connectivity index (χ2v) is 6.97. The lowest BCUT2D eigenvalue weighted by molar-refractivity contribution is -0.123. The molecule has 1 atom stereocenters. The van der Waals surface area contributed by atoms with E-state index in [9.17, 15) is 9.59 Å². The molecule has 0 bridgehead atoms. The van der Waals surface area contributed by atoms with Gasteiger partial charge in [-0.3, -0.25) is 9.20 Å². The van der Waals surface area contributed by atoms with E-state index in [0.717, 1.165) is 5.56 Å². The number of amides is 1. The van der Waals surface area contributed by atoms with Crippen LogP contribution in [0.25, 0.3) is 4.96 Å². The molecule has 0 saturated heterocycles. The highest BCUT2D eigenvalue weighted by Crippen LogP contribution is 2.23. The third-order valence-electron chi connectivity index (χ3n) is 3.52. The number of hydrogen-bond donors (Lipinski definition) is 1. The number of nitrogens with one attached hydrogen (secondary N) is 1. The maximum absolute atomic E-state index is 12.4. The number of carbonyl (C=O) groups is 2. The van der Waals surface area contributed by atoms with Crippen LogP contribution in [-0.4, -0.2) is 27.4 Å². The monoisotopic (exact) mass is 397 g/mol. The summed E-state index contributed by atoms with van der Waals surface area (Å²) >= 11 is 13.3. The van der Waals surface area contributed by atoms with Crippen molar-refractivity contribution < 1.29 is 14.3 Å². The van der Waals surface area contributed by atoms with E-state index in [1.807, 2.05) is 6.92 Å². The Morgan fingerprint density at radius 1 is 1.36 bits per heavy atom. The number of anilines is 1. The second-order valence-electron chi connectivity index (χ2n) is 5.30. The summed E-state index contributed by atoms with van der Waals surface area (Å²) in [4.78, 5) is 29.3. The molecule has 3 rings (SSSR count). The van der Waals surface area contributed by atoms with Crippen molar-refractivity contribution in [3.05, 3.63) is 51.2 Å². The molecule has 0 spiro atoms. The van der Waals surface area contributed by atoms with Crippen molar-refractivity contribution in [3.8, 4) is 0 Å². The first-order valence-corrected chi connectivity index (χ1v) is 8.89.